The molecule has 1 aromatic rings. The van der Waals surface area contributed by atoms with E-state index < -0.39 is 5.97 Å². The summed E-state index contributed by atoms with van der Waals surface area (Å²) in [6.45, 7) is 2.36. The second kappa shape index (κ2) is 8.12. The van der Waals surface area contributed by atoms with Crippen LogP contribution < -0.4 is 0 Å². The summed E-state index contributed by atoms with van der Waals surface area (Å²) in [6, 6.07) is 10.4. The summed E-state index contributed by atoms with van der Waals surface area (Å²) >= 11 is 0. The van der Waals surface area contributed by atoms with Crippen molar-refractivity contribution in [2.24, 2.45) is 0 Å². The summed E-state index contributed by atoms with van der Waals surface area (Å²) in [4.78, 5) is 12.6. The Morgan fingerprint density at radius 3 is 2.86 bits per heavy atom. The van der Waals surface area contributed by atoms with E-state index in [1.807, 2.05) is 18.2 Å². The molecule has 0 radical (unpaired) electrons. The van der Waals surface area contributed by atoms with Crippen molar-refractivity contribution in [2.45, 2.75) is 31.6 Å². The van der Waals surface area contributed by atoms with Crippen molar-refractivity contribution in [2.75, 3.05) is 26.8 Å². The minimum absolute atomic E-state index is 0.0599. The van der Waals surface area contributed by atoms with Crippen LogP contribution in [-0.4, -0.2) is 54.9 Å². The molecule has 1 aliphatic heterocycles. The Bertz CT molecular complexity index is 437. The summed E-state index contributed by atoms with van der Waals surface area (Å²) < 4.78 is 11.4. The van der Waals surface area contributed by atoms with Gasteiger partial charge in [0.15, 0.2) is 0 Å². The fourth-order valence-corrected chi connectivity index (χ4v) is 2.51. The van der Waals surface area contributed by atoms with Crippen LogP contribution in [0.2, 0.25) is 0 Å². The Kier molecular flexibility index (Phi) is 6.17. The quantitative estimate of drug-likeness (QED) is 0.740. The van der Waals surface area contributed by atoms with Gasteiger partial charge in [0.2, 0.25) is 0 Å². The SMILES string of the molecule is CN1C[C@H](OCc2ccccc2)C[C@H]1COCCC(=O)O. The molecule has 5 nitrogen and oxygen atoms in total. The van der Waals surface area contributed by atoms with Gasteiger partial charge in [0.25, 0.3) is 0 Å². The standard InChI is InChI=1S/C16H23NO4/c1-17-10-15(21-11-13-5-3-2-4-6-13)9-14(17)12-20-8-7-16(18)19/h2-6,14-15H,7-12H2,1H3,(H,18,19)/t14-,15+/m0/s1. The number of hydrogen-bond donors (Lipinski definition) is 1. The first-order valence-electron chi connectivity index (χ1n) is 7.30. The molecule has 1 fully saturated rings. The predicted octanol–water partition coefficient (Wildman–Crippen LogP) is 1.77. The number of hydrogen-bond acceptors (Lipinski definition) is 4. The highest BCUT2D eigenvalue weighted by Crippen LogP contribution is 2.20. The molecule has 1 aliphatic rings. The molecule has 116 valence electrons. The van der Waals surface area contributed by atoms with E-state index in [0.29, 0.717) is 19.3 Å². The fraction of sp³-hybridized carbons (Fsp3) is 0.562. The molecule has 5 heteroatoms. The lowest BCUT2D eigenvalue weighted by Crippen LogP contribution is -2.29. The first-order valence-corrected chi connectivity index (χ1v) is 7.30. The Balaban J connectivity index is 1.67. The van der Waals surface area contributed by atoms with Crippen LogP contribution >= 0.6 is 0 Å². The van der Waals surface area contributed by atoms with Crippen molar-refractivity contribution in [1.29, 1.82) is 0 Å². The minimum atomic E-state index is -0.821. The molecule has 0 aliphatic carbocycles. The van der Waals surface area contributed by atoms with Crippen molar-refractivity contribution in [3.63, 3.8) is 0 Å². The maximum absolute atomic E-state index is 10.4. The topological polar surface area (TPSA) is 59.0 Å². The summed E-state index contributed by atoms with van der Waals surface area (Å²) in [6.07, 6.45) is 1.20. The molecule has 21 heavy (non-hydrogen) atoms. The molecule has 1 heterocycles. The first kappa shape index (κ1) is 15.9. The van der Waals surface area contributed by atoms with Crippen LogP contribution in [0.1, 0.15) is 18.4 Å². The number of carboxylic acid groups (broad SMARTS) is 1. The van der Waals surface area contributed by atoms with E-state index in [1.165, 1.54) is 5.56 Å². The van der Waals surface area contributed by atoms with Gasteiger partial charge in [0.05, 0.1) is 32.3 Å². The molecule has 1 saturated heterocycles. The lowest BCUT2D eigenvalue weighted by Gasteiger charge is -2.18. The van der Waals surface area contributed by atoms with Crippen molar-refractivity contribution < 1.29 is 19.4 Å². The van der Waals surface area contributed by atoms with Gasteiger partial charge in [-0.15, -0.1) is 0 Å². The van der Waals surface area contributed by atoms with E-state index in [0.717, 1.165) is 13.0 Å². The molecule has 0 spiro atoms. The van der Waals surface area contributed by atoms with Gasteiger partial charge in [-0.2, -0.15) is 0 Å². The number of likely N-dealkylation sites (tertiary alicyclic amines) is 1. The van der Waals surface area contributed by atoms with Gasteiger partial charge in [0, 0.05) is 12.6 Å². The smallest absolute Gasteiger partial charge is 0.305 e. The normalized spacial score (nSPS) is 22.5. The van der Waals surface area contributed by atoms with Gasteiger partial charge < -0.3 is 14.6 Å². The van der Waals surface area contributed by atoms with Crippen LogP contribution in [-0.2, 0) is 20.9 Å². The largest absolute Gasteiger partial charge is 0.481 e. The molecule has 1 N–H and O–H groups in total. The number of benzene rings is 1. The lowest BCUT2D eigenvalue weighted by molar-refractivity contribution is -0.138. The van der Waals surface area contributed by atoms with Gasteiger partial charge in [-0.05, 0) is 19.0 Å². The third-order valence-corrected chi connectivity index (χ3v) is 3.75. The van der Waals surface area contributed by atoms with Crippen molar-refractivity contribution in [3.05, 3.63) is 35.9 Å². The molecular weight excluding hydrogens is 270 g/mol. The fourth-order valence-electron chi connectivity index (χ4n) is 2.51. The summed E-state index contributed by atoms with van der Waals surface area (Å²) in [5, 5.41) is 8.57. The second-order valence-electron chi connectivity index (χ2n) is 5.47. The third-order valence-electron chi connectivity index (χ3n) is 3.75. The summed E-state index contributed by atoms with van der Waals surface area (Å²) in [5.74, 6) is -0.821. The van der Waals surface area contributed by atoms with E-state index in [-0.39, 0.29) is 19.1 Å². The van der Waals surface area contributed by atoms with Crippen LogP contribution in [0, 0.1) is 0 Å². The number of carbonyl (C=O) groups is 1. The number of ether oxygens (including phenoxy) is 2. The average molecular weight is 293 g/mol. The molecule has 0 bridgehead atoms. The molecular formula is C16H23NO4. The monoisotopic (exact) mass is 293 g/mol. The van der Waals surface area contributed by atoms with Crippen LogP contribution in [0.3, 0.4) is 0 Å². The lowest BCUT2D eigenvalue weighted by atomic mass is 10.2. The Morgan fingerprint density at radius 1 is 1.38 bits per heavy atom. The second-order valence-corrected chi connectivity index (χ2v) is 5.47. The maximum Gasteiger partial charge on any atom is 0.305 e. The van der Waals surface area contributed by atoms with Gasteiger partial charge in [-0.3, -0.25) is 9.69 Å². The zero-order chi connectivity index (χ0) is 15.1. The number of nitrogens with zero attached hydrogens (tertiary/aromatic N) is 1. The van der Waals surface area contributed by atoms with E-state index >= 15 is 0 Å². The van der Waals surface area contributed by atoms with Gasteiger partial charge in [-0.1, -0.05) is 30.3 Å². The highest BCUT2D eigenvalue weighted by molar-refractivity contribution is 5.66. The molecule has 2 rings (SSSR count). The maximum atomic E-state index is 10.4. The van der Waals surface area contributed by atoms with Crippen LogP contribution in [0.25, 0.3) is 0 Å². The average Bonchev–Trinajstić information content (AvgIpc) is 2.83. The highest BCUT2D eigenvalue weighted by Gasteiger charge is 2.30. The Hall–Kier alpha value is -1.43. The van der Waals surface area contributed by atoms with E-state index in [4.69, 9.17) is 14.6 Å². The third kappa shape index (κ3) is 5.46. The summed E-state index contributed by atoms with van der Waals surface area (Å²) in [7, 11) is 2.05. The van der Waals surface area contributed by atoms with Crippen LogP contribution in [0.15, 0.2) is 30.3 Å². The van der Waals surface area contributed by atoms with Crippen molar-refractivity contribution >= 4 is 5.97 Å². The van der Waals surface area contributed by atoms with E-state index in [9.17, 15) is 4.79 Å². The van der Waals surface area contributed by atoms with Crippen LogP contribution in [0.5, 0.6) is 0 Å². The molecule has 0 aromatic heterocycles. The predicted molar refractivity (Wildman–Crippen MR) is 79.1 cm³/mol. The number of aliphatic carboxylic acids is 1. The zero-order valence-electron chi connectivity index (χ0n) is 12.4. The molecule has 1 aromatic carbocycles. The first-order chi connectivity index (χ1) is 10.1. The van der Waals surface area contributed by atoms with E-state index in [1.54, 1.807) is 0 Å². The Labute approximate surface area is 125 Å². The zero-order valence-corrected chi connectivity index (χ0v) is 12.4. The molecule has 0 amide bonds. The number of likely N-dealkylation sites (N-methyl/N-ethyl adjacent to an activating group) is 1. The van der Waals surface area contributed by atoms with Crippen molar-refractivity contribution in [1.82, 2.24) is 4.90 Å². The highest BCUT2D eigenvalue weighted by atomic mass is 16.5. The molecule has 0 unspecified atom stereocenters. The minimum Gasteiger partial charge on any atom is -0.481 e. The molecule has 0 saturated carbocycles. The van der Waals surface area contributed by atoms with Gasteiger partial charge in [-0.25, -0.2) is 0 Å². The number of rotatable bonds is 8. The Morgan fingerprint density at radius 2 is 2.14 bits per heavy atom. The number of carboxylic acids is 1. The summed E-state index contributed by atoms with van der Waals surface area (Å²) in [5.41, 5.74) is 1.18. The van der Waals surface area contributed by atoms with Gasteiger partial charge in [0.1, 0.15) is 0 Å². The van der Waals surface area contributed by atoms with E-state index in [2.05, 4.69) is 24.1 Å². The van der Waals surface area contributed by atoms with Gasteiger partial charge >= 0.3 is 5.97 Å². The molecule has 2 atom stereocenters. The van der Waals surface area contributed by atoms with Crippen LogP contribution in [0.4, 0.5) is 0 Å². The van der Waals surface area contributed by atoms with Crippen molar-refractivity contribution in [3.8, 4) is 0 Å².